The number of hydrogen-bond acceptors (Lipinski definition) is 5. The fourth-order valence-corrected chi connectivity index (χ4v) is 7.73. The molecule has 0 spiro atoms. The highest BCUT2D eigenvalue weighted by atomic mass is 16.6. The van der Waals surface area contributed by atoms with Crippen LogP contribution >= 0.6 is 0 Å². The summed E-state index contributed by atoms with van der Waals surface area (Å²) >= 11 is 0. The third-order valence-electron chi connectivity index (χ3n) is 11.6. The van der Waals surface area contributed by atoms with Gasteiger partial charge in [-0.3, -0.25) is 9.59 Å². The summed E-state index contributed by atoms with van der Waals surface area (Å²) in [7, 11) is 0. The van der Waals surface area contributed by atoms with E-state index < -0.39 is 6.10 Å². The van der Waals surface area contributed by atoms with Crippen LogP contribution in [0.4, 0.5) is 0 Å². The van der Waals surface area contributed by atoms with Crippen molar-refractivity contribution in [1.82, 2.24) is 0 Å². The van der Waals surface area contributed by atoms with E-state index in [0.29, 0.717) is 12.8 Å². The van der Waals surface area contributed by atoms with Crippen LogP contribution in [-0.2, 0) is 19.1 Å². The van der Waals surface area contributed by atoms with Gasteiger partial charge < -0.3 is 14.6 Å². The van der Waals surface area contributed by atoms with Gasteiger partial charge in [-0.05, 0) is 38.5 Å². The number of esters is 2. The summed E-state index contributed by atoms with van der Waals surface area (Å²) in [5.74, 6) is -0.583. The third kappa shape index (κ3) is 45.3. The minimum absolute atomic E-state index is 0.0625. The summed E-state index contributed by atoms with van der Waals surface area (Å²) in [6.07, 6.45) is 57.4. The first-order valence-electron chi connectivity index (χ1n) is 25.2. The lowest BCUT2D eigenvalue weighted by Crippen LogP contribution is -2.28. The van der Waals surface area contributed by atoms with Gasteiger partial charge in [-0.25, -0.2) is 0 Å². The van der Waals surface area contributed by atoms with Crippen molar-refractivity contribution in [2.45, 2.75) is 290 Å². The van der Waals surface area contributed by atoms with Crippen LogP contribution in [0.1, 0.15) is 284 Å². The first kappa shape index (κ1) is 54.6. The highest BCUT2D eigenvalue weighted by Gasteiger charge is 2.16. The molecule has 56 heavy (non-hydrogen) atoms. The lowest BCUT2D eigenvalue weighted by Gasteiger charge is -2.15. The molecule has 0 saturated heterocycles. The largest absolute Gasteiger partial charge is 0.462 e. The highest BCUT2D eigenvalue weighted by molar-refractivity contribution is 5.70. The summed E-state index contributed by atoms with van der Waals surface area (Å²) in [5.41, 5.74) is 0. The summed E-state index contributed by atoms with van der Waals surface area (Å²) < 4.78 is 10.7. The molecule has 0 aliphatic rings. The van der Waals surface area contributed by atoms with Gasteiger partial charge in [-0.2, -0.15) is 0 Å². The van der Waals surface area contributed by atoms with Crippen molar-refractivity contribution in [3.63, 3.8) is 0 Å². The molecule has 5 nitrogen and oxygen atoms in total. The van der Waals surface area contributed by atoms with Gasteiger partial charge in [-0.1, -0.05) is 244 Å². The Bertz CT molecular complexity index is 810. The SMILES string of the molecule is CCCCCCCCC/C=C\CCCCCCCC(=O)OC(CO)COC(=O)CCCCCCCCCCCCCCCCCCCCCCCCCCCC. The lowest BCUT2D eigenvalue weighted by molar-refractivity contribution is -0.161. The Labute approximate surface area is 350 Å². The van der Waals surface area contributed by atoms with Gasteiger partial charge in [-0.15, -0.1) is 0 Å². The number of carbonyl (C=O) groups excluding carboxylic acids is 2. The van der Waals surface area contributed by atoms with E-state index in [9.17, 15) is 14.7 Å². The Morgan fingerprint density at radius 3 is 0.964 bits per heavy atom. The molecule has 0 aromatic heterocycles. The number of rotatable bonds is 47. The Hall–Kier alpha value is -1.36. The fourth-order valence-electron chi connectivity index (χ4n) is 7.73. The molecule has 0 aromatic rings. The molecule has 332 valence electrons. The van der Waals surface area contributed by atoms with E-state index in [-0.39, 0.29) is 25.2 Å². The smallest absolute Gasteiger partial charge is 0.306 e. The zero-order valence-electron chi connectivity index (χ0n) is 37.9. The molecule has 1 atom stereocenters. The second kappa shape index (κ2) is 48.0. The van der Waals surface area contributed by atoms with Crippen LogP contribution < -0.4 is 0 Å². The fraction of sp³-hybridized carbons (Fsp3) is 0.922. The van der Waals surface area contributed by atoms with Crippen molar-refractivity contribution in [1.29, 1.82) is 0 Å². The van der Waals surface area contributed by atoms with Crippen LogP contribution in [-0.4, -0.2) is 36.4 Å². The van der Waals surface area contributed by atoms with Gasteiger partial charge in [0, 0.05) is 12.8 Å². The molecule has 0 rings (SSSR count). The van der Waals surface area contributed by atoms with Gasteiger partial charge in [0.1, 0.15) is 6.61 Å². The zero-order chi connectivity index (χ0) is 40.7. The number of allylic oxidation sites excluding steroid dienone is 2. The molecule has 1 N–H and O–H groups in total. The molecular formula is C51H98O5. The molecule has 0 aliphatic heterocycles. The minimum atomic E-state index is -0.770. The van der Waals surface area contributed by atoms with Crippen LogP contribution in [0.3, 0.4) is 0 Å². The Morgan fingerprint density at radius 1 is 0.393 bits per heavy atom. The predicted molar refractivity (Wildman–Crippen MR) is 242 cm³/mol. The van der Waals surface area contributed by atoms with E-state index >= 15 is 0 Å². The average Bonchev–Trinajstić information content (AvgIpc) is 3.20. The Kier molecular flexibility index (Phi) is 46.8. The molecule has 0 fully saturated rings. The van der Waals surface area contributed by atoms with Crippen molar-refractivity contribution in [2.75, 3.05) is 13.2 Å². The maximum absolute atomic E-state index is 12.2. The van der Waals surface area contributed by atoms with E-state index in [1.807, 2.05) is 0 Å². The van der Waals surface area contributed by atoms with E-state index in [0.717, 1.165) is 38.5 Å². The molecule has 0 saturated carbocycles. The maximum atomic E-state index is 12.2. The first-order valence-corrected chi connectivity index (χ1v) is 25.2. The zero-order valence-corrected chi connectivity index (χ0v) is 37.9. The molecule has 0 amide bonds. The van der Waals surface area contributed by atoms with Crippen molar-refractivity contribution in [2.24, 2.45) is 0 Å². The molecule has 0 aromatic carbocycles. The molecule has 0 radical (unpaired) electrons. The number of hydrogen-bond donors (Lipinski definition) is 1. The van der Waals surface area contributed by atoms with E-state index in [4.69, 9.17) is 9.47 Å². The highest BCUT2D eigenvalue weighted by Crippen LogP contribution is 2.17. The summed E-state index contributed by atoms with van der Waals surface area (Å²) in [5, 5.41) is 9.60. The maximum Gasteiger partial charge on any atom is 0.306 e. The molecule has 1 unspecified atom stereocenters. The van der Waals surface area contributed by atoms with Gasteiger partial charge in [0.2, 0.25) is 0 Å². The van der Waals surface area contributed by atoms with Crippen molar-refractivity contribution < 1.29 is 24.2 Å². The average molecular weight is 791 g/mol. The quantitative estimate of drug-likeness (QED) is 0.0378. The summed E-state index contributed by atoms with van der Waals surface area (Å²) in [6, 6.07) is 0. The van der Waals surface area contributed by atoms with Crippen LogP contribution in [0.15, 0.2) is 12.2 Å². The molecule has 0 aliphatic carbocycles. The molecule has 0 heterocycles. The van der Waals surface area contributed by atoms with Crippen molar-refractivity contribution >= 4 is 11.9 Å². The standard InChI is InChI=1S/C51H98O5/c1-3-5-7-9-11-13-15-17-19-21-22-23-24-25-26-27-28-29-30-32-33-35-37-39-41-43-45-50(53)55-48-49(47-52)56-51(54)46-44-42-40-38-36-34-31-20-18-16-14-12-10-8-6-4-2/h20,31,49,52H,3-19,21-30,32-48H2,1-2H3/b31-20-. The lowest BCUT2D eigenvalue weighted by atomic mass is 10.0. The number of ether oxygens (including phenoxy) is 2. The van der Waals surface area contributed by atoms with Gasteiger partial charge in [0.25, 0.3) is 0 Å². The van der Waals surface area contributed by atoms with E-state index in [1.54, 1.807) is 0 Å². The number of unbranched alkanes of at least 4 members (excludes halogenated alkanes) is 37. The monoisotopic (exact) mass is 791 g/mol. The second-order valence-corrected chi connectivity index (χ2v) is 17.3. The normalized spacial score (nSPS) is 12.1. The van der Waals surface area contributed by atoms with Gasteiger partial charge >= 0.3 is 11.9 Å². The van der Waals surface area contributed by atoms with Crippen LogP contribution in [0.5, 0.6) is 0 Å². The van der Waals surface area contributed by atoms with E-state index in [2.05, 4.69) is 26.0 Å². The molecule has 0 bridgehead atoms. The first-order chi connectivity index (χ1) is 27.6. The van der Waals surface area contributed by atoms with Crippen molar-refractivity contribution in [3.05, 3.63) is 12.2 Å². The van der Waals surface area contributed by atoms with Crippen LogP contribution in [0.25, 0.3) is 0 Å². The predicted octanol–water partition coefficient (Wildman–Crippen LogP) is 16.4. The van der Waals surface area contributed by atoms with Crippen LogP contribution in [0, 0.1) is 0 Å². The van der Waals surface area contributed by atoms with Gasteiger partial charge in [0.15, 0.2) is 6.10 Å². The molecule has 5 heteroatoms. The number of aliphatic hydroxyl groups is 1. The number of aliphatic hydroxyl groups excluding tert-OH is 1. The Morgan fingerprint density at radius 2 is 0.661 bits per heavy atom. The van der Waals surface area contributed by atoms with Crippen LogP contribution in [0.2, 0.25) is 0 Å². The summed E-state index contributed by atoms with van der Waals surface area (Å²) in [4.78, 5) is 24.4. The second-order valence-electron chi connectivity index (χ2n) is 17.3. The number of carbonyl (C=O) groups is 2. The molecular weight excluding hydrogens is 693 g/mol. The van der Waals surface area contributed by atoms with E-state index in [1.165, 1.54) is 218 Å². The summed E-state index contributed by atoms with van der Waals surface area (Å²) in [6.45, 7) is 4.17. The Balaban J connectivity index is 3.43. The topological polar surface area (TPSA) is 72.8 Å². The van der Waals surface area contributed by atoms with Gasteiger partial charge in [0.05, 0.1) is 6.61 Å². The van der Waals surface area contributed by atoms with Crippen molar-refractivity contribution in [3.8, 4) is 0 Å². The third-order valence-corrected chi connectivity index (χ3v) is 11.6. The minimum Gasteiger partial charge on any atom is -0.462 e.